The van der Waals surface area contributed by atoms with Crippen LogP contribution in [0.2, 0.25) is 0 Å². The van der Waals surface area contributed by atoms with E-state index in [2.05, 4.69) is 5.32 Å². The molecule has 2 aromatic carbocycles. The summed E-state index contributed by atoms with van der Waals surface area (Å²) in [6.07, 6.45) is -0.778. The van der Waals surface area contributed by atoms with Crippen molar-refractivity contribution in [2.45, 2.75) is 13.2 Å². The maximum absolute atomic E-state index is 12.0. The highest BCUT2D eigenvalue weighted by Gasteiger charge is 2.18. The first-order valence-electron chi connectivity index (χ1n) is 10.6. The molecule has 0 aliphatic heterocycles. The van der Waals surface area contributed by atoms with Crippen molar-refractivity contribution in [3.05, 3.63) is 93.4 Å². The van der Waals surface area contributed by atoms with E-state index in [-0.39, 0.29) is 48.6 Å². The highest BCUT2D eigenvalue weighted by atomic mass is 32.2. The van der Waals surface area contributed by atoms with Crippen LogP contribution in [0.5, 0.6) is 0 Å². The Morgan fingerprint density at radius 1 is 0.722 bits per heavy atom. The lowest BCUT2D eigenvalue weighted by molar-refractivity contribution is 0.131. The van der Waals surface area contributed by atoms with Crippen LogP contribution < -0.4 is 17.0 Å². The van der Waals surface area contributed by atoms with Gasteiger partial charge in [0.25, 0.3) is 0 Å². The van der Waals surface area contributed by atoms with Gasteiger partial charge in [0.2, 0.25) is 0 Å². The third-order valence-electron chi connectivity index (χ3n) is 4.61. The molecule has 0 fully saturated rings. The number of hydrogen-bond donors (Lipinski definition) is 1. The maximum atomic E-state index is 12.0. The van der Waals surface area contributed by atoms with Gasteiger partial charge in [0, 0.05) is 23.4 Å². The molecule has 11 nitrogen and oxygen atoms in total. The molecule has 12 heteroatoms. The second kappa shape index (κ2) is 11.8. The first kappa shape index (κ1) is 24.7. The molecule has 0 bridgehead atoms. The van der Waals surface area contributed by atoms with Crippen LogP contribution in [0.4, 0.5) is 9.59 Å². The Bertz CT molecular complexity index is 1310. The standard InChI is InChI=1S/C24H19NO10S/c26-21(30-13-17-19(34-22(27)32-17)15-7-3-1-4-8-15)25-11-12-36-24(29)31-14-18-20(35-23(28)33-18)16-9-5-2-6-10-16/h1-10H,11-14H2,(H,25,26). The number of nitrogens with one attached hydrogen (secondary N) is 1. The molecule has 0 atom stereocenters. The lowest BCUT2D eigenvalue weighted by Crippen LogP contribution is -2.26. The minimum absolute atomic E-state index is 0.0695. The summed E-state index contributed by atoms with van der Waals surface area (Å²) in [6.45, 7) is -0.525. The van der Waals surface area contributed by atoms with Crippen LogP contribution in [-0.2, 0) is 22.7 Å². The van der Waals surface area contributed by atoms with Crippen molar-refractivity contribution >= 4 is 23.2 Å². The predicted octanol–water partition coefficient (Wildman–Crippen LogP) is 4.41. The van der Waals surface area contributed by atoms with Gasteiger partial charge >= 0.3 is 23.0 Å². The molecule has 1 N–H and O–H groups in total. The van der Waals surface area contributed by atoms with Crippen molar-refractivity contribution in [1.82, 2.24) is 5.32 Å². The van der Waals surface area contributed by atoms with E-state index in [1.54, 1.807) is 60.7 Å². The van der Waals surface area contributed by atoms with E-state index in [1.807, 2.05) is 0 Å². The molecule has 0 radical (unpaired) electrons. The highest BCUT2D eigenvalue weighted by Crippen LogP contribution is 2.24. The topological polar surface area (TPSA) is 151 Å². The number of carbonyl (C=O) groups excluding carboxylic acids is 2. The van der Waals surface area contributed by atoms with E-state index in [0.29, 0.717) is 11.1 Å². The predicted molar refractivity (Wildman–Crippen MR) is 126 cm³/mol. The fraction of sp³-hybridized carbons (Fsp3) is 0.167. The summed E-state index contributed by atoms with van der Waals surface area (Å²) in [6, 6.07) is 17.5. The largest absolute Gasteiger partial charge is 0.519 e. The molecular weight excluding hydrogens is 494 g/mol. The second-order valence-electron chi connectivity index (χ2n) is 7.03. The number of alkyl carbamates (subject to hydrolysis) is 1. The lowest BCUT2D eigenvalue weighted by Gasteiger charge is -2.06. The number of benzene rings is 2. The van der Waals surface area contributed by atoms with Gasteiger partial charge in [0.15, 0.2) is 36.3 Å². The Morgan fingerprint density at radius 3 is 1.75 bits per heavy atom. The molecule has 0 saturated carbocycles. The van der Waals surface area contributed by atoms with Crippen molar-refractivity contribution < 1.29 is 36.7 Å². The van der Waals surface area contributed by atoms with Crippen LogP contribution >= 0.6 is 11.8 Å². The molecule has 1 amide bonds. The Morgan fingerprint density at radius 2 is 1.22 bits per heavy atom. The van der Waals surface area contributed by atoms with Crippen molar-refractivity contribution in [3.8, 4) is 22.6 Å². The Kier molecular flexibility index (Phi) is 8.08. The van der Waals surface area contributed by atoms with Crippen LogP contribution in [0.25, 0.3) is 22.6 Å². The Hall–Kier alpha value is -4.45. The number of ether oxygens (including phenoxy) is 2. The van der Waals surface area contributed by atoms with Gasteiger partial charge in [-0.1, -0.05) is 60.7 Å². The van der Waals surface area contributed by atoms with Crippen LogP contribution in [0, 0.1) is 0 Å². The maximum Gasteiger partial charge on any atom is 0.519 e. The molecule has 0 unspecified atom stereocenters. The summed E-state index contributed by atoms with van der Waals surface area (Å²) in [4.78, 5) is 46.9. The van der Waals surface area contributed by atoms with Crippen molar-refractivity contribution in [1.29, 1.82) is 0 Å². The molecule has 0 aliphatic carbocycles. The summed E-state index contributed by atoms with van der Waals surface area (Å²) < 4.78 is 30.1. The first-order chi connectivity index (χ1) is 17.5. The quantitative estimate of drug-likeness (QED) is 0.250. The van der Waals surface area contributed by atoms with Gasteiger partial charge in [-0.3, -0.25) is 0 Å². The van der Waals surface area contributed by atoms with Crippen molar-refractivity contribution in [3.63, 3.8) is 0 Å². The molecule has 186 valence electrons. The van der Waals surface area contributed by atoms with Gasteiger partial charge in [-0.05, 0) is 11.8 Å². The number of carbonyl (C=O) groups is 2. The minimum Gasteiger partial charge on any atom is -0.449 e. The monoisotopic (exact) mass is 513 g/mol. The number of thioether (sulfide) groups is 1. The van der Waals surface area contributed by atoms with Crippen LogP contribution in [0.15, 0.2) is 87.9 Å². The van der Waals surface area contributed by atoms with Crippen LogP contribution in [-0.4, -0.2) is 23.7 Å². The van der Waals surface area contributed by atoms with Crippen molar-refractivity contribution in [2.24, 2.45) is 0 Å². The number of hydrogen-bond acceptors (Lipinski definition) is 11. The van der Waals surface area contributed by atoms with E-state index < -0.39 is 23.0 Å². The summed E-state index contributed by atoms with van der Waals surface area (Å²) in [5.41, 5.74) is 1.21. The van der Waals surface area contributed by atoms with Gasteiger partial charge in [-0.15, -0.1) is 0 Å². The third kappa shape index (κ3) is 6.57. The molecule has 2 heterocycles. The average Bonchev–Trinajstić information content (AvgIpc) is 3.46. The number of amides is 1. The molecule has 0 spiro atoms. The zero-order valence-electron chi connectivity index (χ0n) is 18.6. The Balaban J connectivity index is 1.18. The second-order valence-corrected chi connectivity index (χ2v) is 8.07. The summed E-state index contributed by atoms with van der Waals surface area (Å²) in [5.74, 6) is -1.11. The van der Waals surface area contributed by atoms with Gasteiger partial charge in [0.05, 0.1) is 0 Å². The van der Waals surface area contributed by atoms with E-state index in [9.17, 15) is 19.2 Å². The van der Waals surface area contributed by atoms with Gasteiger partial charge in [-0.2, -0.15) is 0 Å². The van der Waals surface area contributed by atoms with E-state index >= 15 is 0 Å². The lowest BCUT2D eigenvalue weighted by atomic mass is 10.1. The van der Waals surface area contributed by atoms with E-state index in [1.165, 1.54) is 0 Å². The zero-order valence-corrected chi connectivity index (χ0v) is 19.4. The van der Waals surface area contributed by atoms with Gasteiger partial charge in [-0.25, -0.2) is 19.2 Å². The minimum atomic E-state index is -0.909. The summed E-state index contributed by atoms with van der Waals surface area (Å²) >= 11 is 0.807. The smallest absolute Gasteiger partial charge is 0.449 e. The number of rotatable bonds is 9. The molecular formula is C24H19NO10S. The van der Waals surface area contributed by atoms with E-state index in [4.69, 9.17) is 27.1 Å². The van der Waals surface area contributed by atoms with Gasteiger partial charge < -0.3 is 32.5 Å². The first-order valence-corrected chi connectivity index (χ1v) is 11.5. The molecule has 2 aromatic heterocycles. The molecule has 0 saturated heterocycles. The van der Waals surface area contributed by atoms with E-state index in [0.717, 1.165) is 11.8 Å². The molecule has 4 aromatic rings. The third-order valence-corrected chi connectivity index (χ3v) is 5.37. The zero-order chi connectivity index (χ0) is 25.3. The fourth-order valence-electron chi connectivity index (χ4n) is 3.06. The fourth-order valence-corrected chi connectivity index (χ4v) is 3.57. The van der Waals surface area contributed by atoms with Gasteiger partial charge in [0.1, 0.15) is 0 Å². The normalized spacial score (nSPS) is 10.7. The average molecular weight is 513 g/mol. The summed E-state index contributed by atoms with van der Waals surface area (Å²) in [7, 11) is 0. The SMILES string of the molecule is O=C(NCCSC(=O)OCc1oc(=O)oc1-c1ccccc1)OCc1oc(=O)oc1-c1ccccc1. The van der Waals surface area contributed by atoms with Crippen LogP contribution in [0.3, 0.4) is 0 Å². The molecule has 0 aliphatic rings. The highest BCUT2D eigenvalue weighted by molar-refractivity contribution is 8.13. The molecule has 36 heavy (non-hydrogen) atoms. The summed E-state index contributed by atoms with van der Waals surface area (Å²) in [5, 5.41) is 1.83. The Labute approximate surface area is 207 Å². The van der Waals surface area contributed by atoms with Crippen LogP contribution in [0.1, 0.15) is 11.5 Å². The molecule has 4 rings (SSSR count). The van der Waals surface area contributed by atoms with Crippen molar-refractivity contribution in [2.75, 3.05) is 12.3 Å².